The molecule has 22 heavy (non-hydrogen) atoms. The number of hydrogen-bond acceptors (Lipinski definition) is 4. The van der Waals surface area contributed by atoms with Gasteiger partial charge in [-0.3, -0.25) is 0 Å². The highest BCUT2D eigenvalue weighted by molar-refractivity contribution is 7.12. The van der Waals surface area contributed by atoms with Gasteiger partial charge in [-0.25, -0.2) is 4.79 Å². The van der Waals surface area contributed by atoms with E-state index in [-0.39, 0.29) is 11.5 Å². The number of ether oxygens (including phenoxy) is 1. The third kappa shape index (κ3) is 7.80. The average molecular weight is 327 g/mol. The molecule has 0 aliphatic heterocycles. The molecule has 0 atom stereocenters. The van der Waals surface area contributed by atoms with Gasteiger partial charge in [0.25, 0.3) is 0 Å². The first-order chi connectivity index (χ1) is 10.1. The normalized spacial score (nSPS) is 12.3. The van der Waals surface area contributed by atoms with Crippen molar-refractivity contribution in [3.05, 3.63) is 21.9 Å². The van der Waals surface area contributed by atoms with Crippen LogP contribution in [0.5, 0.6) is 0 Å². The van der Waals surface area contributed by atoms with Crippen LogP contribution in [0.3, 0.4) is 0 Å². The second kappa shape index (κ2) is 7.97. The fourth-order valence-corrected chi connectivity index (χ4v) is 2.84. The highest BCUT2D eigenvalue weighted by Crippen LogP contribution is 2.29. The second-order valence-corrected chi connectivity index (χ2v) is 8.64. The minimum atomic E-state index is -0.438. The maximum absolute atomic E-state index is 11.5. The Kier molecular flexibility index (Phi) is 6.88. The van der Waals surface area contributed by atoms with E-state index in [1.54, 1.807) is 0 Å². The van der Waals surface area contributed by atoms with E-state index in [0.29, 0.717) is 6.54 Å². The Bertz CT molecular complexity index is 470. The molecule has 1 rings (SSSR count). The first kappa shape index (κ1) is 19.0. The van der Waals surface area contributed by atoms with E-state index in [2.05, 4.69) is 43.5 Å². The molecular weight excluding hydrogens is 296 g/mol. The van der Waals surface area contributed by atoms with E-state index >= 15 is 0 Å². The Labute approximate surface area is 138 Å². The van der Waals surface area contributed by atoms with Gasteiger partial charge in [0.15, 0.2) is 0 Å². The van der Waals surface area contributed by atoms with Crippen LogP contribution in [-0.4, -0.2) is 24.8 Å². The van der Waals surface area contributed by atoms with Crippen LogP contribution in [-0.2, 0) is 16.7 Å². The Morgan fingerprint density at radius 2 is 1.82 bits per heavy atom. The van der Waals surface area contributed by atoms with Crippen LogP contribution in [0.2, 0.25) is 0 Å². The molecule has 0 aliphatic rings. The van der Waals surface area contributed by atoms with E-state index in [0.717, 1.165) is 19.5 Å². The fourth-order valence-electron chi connectivity index (χ4n) is 1.81. The van der Waals surface area contributed by atoms with Gasteiger partial charge in [0, 0.05) is 22.8 Å². The van der Waals surface area contributed by atoms with Gasteiger partial charge in [-0.05, 0) is 51.3 Å². The molecular formula is C17H30N2O2S. The Morgan fingerprint density at radius 1 is 1.14 bits per heavy atom. The molecule has 0 aliphatic carbocycles. The lowest BCUT2D eigenvalue weighted by Gasteiger charge is -2.19. The van der Waals surface area contributed by atoms with E-state index < -0.39 is 5.60 Å². The molecule has 0 spiro atoms. The molecule has 0 unspecified atom stereocenters. The maximum atomic E-state index is 11.5. The number of carbonyl (C=O) groups excluding carboxylic acids is 1. The van der Waals surface area contributed by atoms with Crippen LogP contribution in [0.15, 0.2) is 12.1 Å². The van der Waals surface area contributed by atoms with E-state index in [1.807, 2.05) is 32.1 Å². The first-order valence-corrected chi connectivity index (χ1v) is 8.66. The topological polar surface area (TPSA) is 50.4 Å². The van der Waals surface area contributed by atoms with E-state index in [4.69, 9.17) is 4.74 Å². The van der Waals surface area contributed by atoms with Gasteiger partial charge >= 0.3 is 6.09 Å². The van der Waals surface area contributed by atoms with Crippen molar-refractivity contribution in [1.82, 2.24) is 10.6 Å². The van der Waals surface area contributed by atoms with Crippen LogP contribution in [0.25, 0.3) is 0 Å². The zero-order valence-corrected chi connectivity index (χ0v) is 15.5. The molecule has 2 N–H and O–H groups in total. The summed E-state index contributed by atoms with van der Waals surface area (Å²) in [6, 6.07) is 4.41. The minimum absolute atomic E-state index is 0.222. The number of rotatable bonds is 6. The third-order valence-corrected chi connectivity index (χ3v) is 4.41. The highest BCUT2D eigenvalue weighted by Gasteiger charge is 2.16. The standard InChI is InChI=1S/C17H30N2O2S/c1-16(2,3)14-9-8-13(22-14)12-18-10-7-11-19-15(20)21-17(4,5)6/h8-9,18H,7,10-12H2,1-6H3,(H,19,20). The van der Waals surface area contributed by atoms with E-state index in [1.165, 1.54) is 9.75 Å². The van der Waals surface area contributed by atoms with Gasteiger partial charge in [0.2, 0.25) is 0 Å². The third-order valence-electron chi connectivity index (χ3n) is 2.90. The largest absolute Gasteiger partial charge is 0.444 e. The summed E-state index contributed by atoms with van der Waals surface area (Å²) < 4.78 is 5.18. The SMILES string of the molecule is CC(C)(C)OC(=O)NCCCNCc1ccc(C(C)(C)C)s1. The Morgan fingerprint density at radius 3 is 2.36 bits per heavy atom. The smallest absolute Gasteiger partial charge is 0.407 e. The summed E-state index contributed by atoms with van der Waals surface area (Å²) in [6.45, 7) is 14.7. The van der Waals surface area contributed by atoms with Crippen LogP contribution in [0, 0.1) is 0 Å². The van der Waals surface area contributed by atoms with Crippen molar-refractivity contribution in [3.8, 4) is 0 Å². The van der Waals surface area contributed by atoms with Crippen LogP contribution < -0.4 is 10.6 Å². The summed E-state index contributed by atoms with van der Waals surface area (Å²) in [4.78, 5) is 14.2. The summed E-state index contributed by atoms with van der Waals surface area (Å²) in [5.41, 5.74) is -0.216. The van der Waals surface area contributed by atoms with Crippen molar-refractivity contribution in [2.45, 2.75) is 65.5 Å². The molecule has 0 saturated carbocycles. The van der Waals surface area contributed by atoms with Crippen molar-refractivity contribution in [1.29, 1.82) is 0 Å². The molecule has 4 nitrogen and oxygen atoms in total. The predicted octanol–water partition coefficient (Wildman–Crippen LogP) is 4.05. The number of carbonyl (C=O) groups is 1. The molecule has 0 aromatic carbocycles. The van der Waals surface area contributed by atoms with Gasteiger partial charge in [-0.1, -0.05) is 20.8 Å². The molecule has 0 radical (unpaired) electrons. The van der Waals surface area contributed by atoms with Crippen molar-refractivity contribution in [2.75, 3.05) is 13.1 Å². The Hall–Kier alpha value is -1.07. The van der Waals surface area contributed by atoms with Crippen LogP contribution in [0.4, 0.5) is 4.79 Å². The van der Waals surface area contributed by atoms with Gasteiger partial charge in [0.05, 0.1) is 0 Å². The summed E-state index contributed by atoms with van der Waals surface area (Å²) in [6.07, 6.45) is 0.539. The molecule has 0 saturated heterocycles. The van der Waals surface area contributed by atoms with Crippen LogP contribution >= 0.6 is 11.3 Å². The zero-order valence-electron chi connectivity index (χ0n) is 14.7. The number of hydrogen-bond donors (Lipinski definition) is 2. The van der Waals surface area contributed by atoms with Gasteiger partial charge < -0.3 is 15.4 Å². The number of nitrogens with one attached hydrogen (secondary N) is 2. The van der Waals surface area contributed by atoms with Gasteiger partial charge in [0.1, 0.15) is 5.60 Å². The summed E-state index contributed by atoms with van der Waals surface area (Å²) in [7, 11) is 0. The molecule has 1 aromatic heterocycles. The second-order valence-electron chi connectivity index (χ2n) is 7.47. The minimum Gasteiger partial charge on any atom is -0.444 e. The summed E-state index contributed by atoms with van der Waals surface area (Å²) in [5, 5.41) is 6.17. The molecule has 0 fully saturated rings. The van der Waals surface area contributed by atoms with Crippen molar-refractivity contribution in [2.24, 2.45) is 0 Å². The number of alkyl carbamates (subject to hydrolysis) is 1. The zero-order chi connectivity index (χ0) is 16.8. The van der Waals surface area contributed by atoms with Gasteiger partial charge in [-0.2, -0.15) is 0 Å². The number of thiophene rings is 1. The molecule has 1 heterocycles. The highest BCUT2D eigenvalue weighted by atomic mass is 32.1. The fraction of sp³-hybridized carbons (Fsp3) is 0.706. The Balaban J connectivity index is 2.13. The lowest BCUT2D eigenvalue weighted by Crippen LogP contribution is -2.33. The van der Waals surface area contributed by atoms with Crippen LogP contribution in [0.1, 0.15) is 57.7 Å². The summed E-state index contributed by atoms with van der Waals surface area (Å²) in [5.74, 6) is 0. The predicted molar refractivity (Wildman–Crippen MR) is 93.6 cm³/mol. The van der Waals surface area contributed by atoms with Gasteiger partial charge in [-0.15, -0.1) is 11.3 Å². The number of amides is 1. The molecule has 1 aromatic rings. The van der Waals surface area contributed by atoms with Crippen molar-refractivity contribution in [3.63, 3.8) is 0 Å². The molecule has 0 bridgehead atoms. The molecule has 5 heteroatoms. The monoisotopic (exact) mass is 326 g/mol. The average Bonchev–Trinajstić information content (AvgIpc) is 2.79. The maximum Gasteiger partial charge on any atom is 0.407 e. The first-order valence-electron chi connectivity index (χ1n) is 7.85. The summed E-state index contributed by atoms with van der Waals surface area (Å²) >= 11 is 1.86. The molecule has 126 valence electrons. The van der Waals surface area contributed by atoms with E-state index in [9.17, 15) is 4.79 Å². The quantitative estimate of drug-likeness (QED) is 0.775. The molecule has 1 amide bonds. The lowest BCUT2D eigenvalue weighted by molar-refractivity contribution is 0.0527. The van der Waals surface area contributed by atoms with Crippen molar-refractivity contribution < 1.29 is 9.53 Å². The lowest BCUT2D eigenvalue weighted by atomic mass is 9.95. The van der Waals surface area contributed by atoms with Crippen molar-refractivity contribution >= 4 is 17.4 Å².